The first-order chi connectivity index (χ1) is 11.1. The average molecular weight is 333 g/mol. The second kappa shape index (κ2) is 9.06. The number of rotatable bonds is 9. The van der Waals surface area contributed by atoms with Gasteiger partial charge in [0.15, 0.2) is 0 Å². The normalized spacial score (nSPS) is 14.0. The standard InChI is InChI=1S/C19H28N2OS/c1-15(7-8-16-9-11-17(22-4)12-10-16)20-14-18(21(2)3)19-6-5-13-23-19/h5-6,9-13,15,18,20H,7-8,14H2,1-4H3. The van der Waals surface area contributed by atoms with E-state index in [0.29, 0.717) is 12.1 Å². The van der Waals surface area contributed by atoms with Gasteiger partial charge in [-0.05, 0) is 63.0 Å². The van der Waals surface area contributed by atoms with Crippen LogP contribution in [0.3, 0.4) is 0 Å². The van der Waals surface area contributed by atoms with E-state index in [1.54, 1.807) is 7.11 Å². The highest BCUT2D eigenvalue weighted by Crippen LogP contribution is 2.22. The van der Waals surface area contributed by atoms with Gasteiger partial charge in [0.05, 0.1) is 13.2 Å². The van der Waals surface area contributed by atoms with E-state index in [4.69, 9.17) is 4.74 Å². The van der Waals surface area contributed by atoms with Gasteiger partial charge in [-0.1, -0.05) is 18.2 Å². The van der Waals surface area contributed by atoms with E-state index in [2.05, 4.69) is 60.9 Å². The lowest BCUT2D eigenvalue weighted by Gasteiger charge is -2.25. The predicted octanol–water partition coefficient (Wildman–Crippen LogP) is 3.97. The summed E-state index contributed by atoms with van der Waals surface area (Å²) < 4.78 is 5.20. The minimum Gasteiger partial charge on any atom is -0.497 e. The number of hydrogen-bond acceptors (Lipinski definition) is 4. The number of methoxy groups -OCH3 is 1. The van der Waals surface area contributed by atoms with Crippen molar-refractivity contribution in [3.8, 4) is 5.75 Å². The van der Waals surface area contributed by atoms with Gasteiger partial charge in [-0.25, -0.2) is 0 Å². The predicted molar refractivity (Wildman–Crippen MR) is 99.5 cm³/mol. The van der Waals surface area contributed by atoms with Crippen LogP contribution in [0.2, 0.25) is 0 Å². The van der Waals surface area contributed by atoms with Gasteiger partial charge in [0.25, 0.3) is 0 Å². The smallest absolute Gasteiger partial charge is 0.118 e. The van der Waals surface area contributed by atoms with E-state index in [1.807, 2.05) is 23.5 Å². The molecule has 4 heteroatoms. The zero-order valence-electron chi connectivity index (χ0n) is 14.6. The van der Waals surface area contributed by atoms with Crippen LogP contribution in [0.1, 0.15) is 29.8 Å². The van der Waals surface area contributed by atoms with E-state index < -0.39 is 0 Å². The van der Waals surface area contributed by atoms with Crippen molar-refractivity contribution in [3.05, 3.63) is 52.2 Å². The molecule has 0 amide bonds. The van der Waals surface area contributed by atoms with Gasteiger partial charge >= 0.3 is 0 Å². The van der Waals surface area contributed by atoms with Crippen LogP contribution in [0, 0.1) is 0 Å². The first kappa shape index (κ1) is 18.0. The van der Waals surface area contributed by atoms with Gasteiger partial charge in [0, 0.05) is 17.5 Å². The highest BCUT2D eigenvalue weighted by atomic mass is 32.1. The fraction of sp³-hybridized carbons (Fsp3) is 0.474. The Kier molecular flexibility index (Phi) is 7.09. The molecule has 0 saturated carbocycles. The van der Waals surface area contributed by atoms with E-state index in [9.17, 15) is 0 Å². The summed E-state index contributed by atoms with van der Waals surface area (Å²) in [6, 6.07) is 13.7. The molecule has 2 atom stereocenters. The molecule has 2 rings (SSSR count). The van der Waals surface area contributed by atoms with Crippen LogP contribution in [0.25, 0.3) is 0 Å². The SMILES string of the molecule is COc1ccc(CCC(C)NCC(c2cccs2)N(C)C)cc1. The Labute approximate surface area is 144 Å². The van der Waals surface area contributed by atoms with Crippen molar-refractivity contribution in [3.63, 3.8) is 0 Å². The molecule has 1 heterocycles. The Balaban J connectivity index is 1.78. The van der Waals surface area contributed by atoms with Crippen LogP contribution < -0.4 is 10.1 Å². The van der Waals surface area contributed by atoms with Gasteiger partial charge < -0.3 is 15.0 Å². The monoisotopic (exact) mass is 332 g/mol. The minimum absolute atomic E-state index is 0.443. The van der Waals surface area contributed by atoms with Crippen molar-refractivity contribution >= 4 is 11.3 Å². The molecular formula is C19H28N2OS. The van der Waals surface area contributed by atoms with Crippen molar-refractivity contribution in [2.45, 2.75) is 31.8 Å². The number of nitrogens with zero attached hydrogens (tertiary/aromatic N) is 1. The Morgan fingerprint density at radius 1 is 1.17 bits per heavy atom. The second-order valence-electron chi connectivity index (χ2n) is 6.19. The highest BCUT2D eigenvalue weighted by molar-refractivity contribution is 7.10. The Morgan fingerprint density at radius 2 is 1.91 bits per heavy atom. The summed E-state index contributed by atoms with van der Waals surface area (Å²) in [5, 5.41) is 5.84. The van der Waals surface area contributed by atoms with Gasteiger partial charge in [-0.2, -0.15) is 0 Å². The minimum atomic E-state index is 0.443. The molecule has 0 bridgehead atoms. The molecule has 3 nitrogen and oxygen atoms in total. The highest BCUT2D eigenvalue weighted by Gasteiger charge is 2.15. The molecule has 0 radical (unpaired) electrons. The Hall–Kier alpha value is -1.36. The van der Waals surface area contributed by atoms with Gasteiger partial charge in [-0.15, -0.1) is 11.3 Å². The third-order valence-electron chi connectivity index (χ3n) is 4.18. The van der Waals surface area contributed by atoms with Gasteiger partial charge in [-0.3, -0.25) is 0 Å². The molecule has 1 aromatic heterocycles. The first-order valence-electron chi connectivity index (χ1n) is 8.16. The third-order valence-corrected chi connectivity index (χ3v) is 5.15. The van der Waals surface area contributed by atoms with Gasteiger partial charge in [0.2, 0.25) is 0 Å². The molecule has 0 aliphatic carbocycles. The number of nitrogens with one attached hydrogen (secondary N) is 1. The van der Waals surface area contributed by atoms with E-state index in [-0.39, 0.29) is 0 Å². The lowest BCUT2D eigenvalue weighted by atomic mass is 10.1. The van der Waals surface area contributed by atoms with Crippen molar-refractivity contribution in [2.75, 3.05) is 27.7 Å². The molecule has 0 aliphatic rings. The summed E-state index contributed by atoms with van der Waals surface area (Å²) in [7, 11) is 6.00. The Morgan fingerprint density at radius 3 is 2.48 bits per heavy atom. The maximum Gasteiger partial charge on any atom is 0.118 e. The number of thiophene rings is 1. The van der Waals surface area contributed by atoms with Crippen molar-refractivity contribution in [1.82, 2.24) is 10.2 Å². The number of benzene rings is 1. The fourth-order valence-corrected chi connectivity index (χ4v) is 3.53. The number of likely N-dealkylation sites (N-methyl/N-ethyl adjacent to an activating group) is 1. The van der Waals surface area contributed by atoms with Crippen LogP contribution in [-0.2, 0) is 6.42 Å². The summed E-state index contributed by atoms with van der Waals surface area (Å²) in [6.45, 7) is 3.25. The maximum atomic E-state index is 5.20. The topological polar surface area (TPSA) is 24.5 Å². The molecule has 0 aliphatic heterocycles. The van der Waals surface area contributed by atoms with E-state index in [1.165, 1.54) is 10.4 Å². The van der Waals surface area contributed by atoms with Crippen molar-refractivity contribution in [2.24, 2.45) is 0 Å². The summed E-state index contributed by atoms with van der Waals surface area (Å²) >= 11 is 1.83. The molecule has 0 spiro atoms. The van der Waals surface area contributed by atoms with Crippen LogP contribution in [0.4, 0.5) is 0 Å². The fourth-order valence-electron chi connectivity index (χ4n) is 2.61. The second-order valence-corrected chi connectivity index (χ2v) is 7.17. The third kappa shape index (κ3) is 5.65. The summed E-state index contributed by atoms with van der Waals surface area (Å²) in [5.41, 5.74) is 1.36. The zero-order chi connectivity index (χ0) is 16.7. The maximum absolute atomic E-state index is 5.20. The van der Waals surface area contributed by atoms with E-state index >= 15 is 0 Å². The van der Waals surface area contributed by atoms with Crippen molar-refractivity contribution in [1.29, 1.82) is 0 Å². The largest absolute Gasteiger partial charge is 0.497 e. The van der Waals surface area contributed by atoms with Crippen LogP contribution in [0.15, 0.2) is 41.8 Å². The van der Waals surface area contributed by atoms with E-state index in [0.717, 1.165) is 25.1 Å². The molecule has 126 valence electrons. The van der Waals surface area contributed by atoms with Gasteiger partial charge in [0.1, 0.15) is 5.75 Å². The lowest BCUT2D eigenvalue weighted by molar-refractivity contribution is 0.283. The molecule has 23 heavy (non-hydrogen) atoms. The van der Waals surface area contributed by atoms with Crippen LogP contribution in [-0.4, -0.2) is 38.7 Å². The zero-order valence-corrected chi connectivity index (χ0v) is 15.4. The molecule has 0 saturated heterocycles. The van der Waals surface area contributed by atoms with Crippen molar-refractivity contribution < 1.29 is 4.74 Å². The number of aryl methyl sites for hydroxylation is 1. The lowest BCUT2D eigenvalue weighted by Crippen LogP contribution is -2.35. The molecule has 1 N–H and O–H groups in total. The number of hydrogen-bond donors (Lipinski definition) is 1. The quantitative estimate of drug-likeness (QED) is 0.752. The molecule has 2 unspecified atom stereocenters. The number of ether oxygens (including phenoxy) is 1. The van der Waals surface area contributed by atoms with Crippen LogP contribution in [0.5, 0.6) is 5.75 Å². The summed E-state index contributed by atoms with van der Waals surface area (Å²) in [6.07, 6.45) is 2.22. The first-order valence-corrected chi connectivity index (χ1v) is 9.04. The molecule has 2 aromatic rings. The summed E-state index contributed by atoms with van der Waals surface area (Å²) in [5.74, 6) is 0.921. The summed E-state index contributed by atoms with van der Waals surface area (Å²) in [4.78, 5) is 3.71. The molecule has 1 aromatic carbocycles. The Bertz CT molecular complexity index is 551. The molecule has 0 fully saturated rings. The van der Waals surface area contributed by atoms with Crippen LogP contribution >= 0.6 is 11.3 Å². The molecular weight excluding hydrogens is 304 g/mol. The average Bonchev–Trinajstić information content (AvgIpc) is 3.07.